The zero-order valence-corrected chi connectivity index (χ0v) is 16.1. The molecule has 1 amide bonds. The summed E-state index contributed by atoms with van der Waals surface area (Å²) in [7, 11) is 1.29. The summed E-state index contributed by atoms with van der Waals surface area (Å²) in [4.78, 5) is 36.4. The van der Waals surface area contributed by atoms with Crippen molar-refractivity contribution >= 4 is 23.5 Å². The van der Waals surface area contributed by atoms with Crippen LogP contribution in [0.4, 0.5) is 10.1 Å². The van der Waals surface area contributed by atoms with Crippen molar-refractivity contribution in [2.24, 2.45) is 0 Å². The van der Waals surface area contributed by atoms with Gasteiger partial charge in [-0.25, -0.2) is 9.18 Å². The summed E-state index contributed by atoms with van der Waals surface area (Å²) >= 11 is 0. The van der Waals surface area contributed by atoms with Gasteiger partial charge in [-0.15, -0.1) is 0 Å². The molecule has 1 aliphatic rings. The highest BCUT2D eigenvalue weighted by Crippen LogP contribution is 2.42. The number of carbonyl (C=O) groups is 3. The zero-order valence-electron chi connectivity index (χ0n) is 16.1. The minimum atomic E-state index is -0.837. The second-order valence-electron chi connectivity index (χ2n) is 6.99. The van der Waals surface area contributed by atoms with E-state index >= 15 is 0 Å². The van der Waals surface area contributed by atoms with Crippen LogP contribution in [-0.4, -0.2) is 31.6 Å². The van der Waals surface area contributed by atoms with E-state index in [1.54, 1.807) is 24.3 Å². The van der Waals surface area contributed by atoms with Gasteiger partial charge < -0.3 is 14.8 Å². The van der Waals surface area contributed by atoms with Gasteiger partial charge in [-0.05, 0) is 54.8 Å². The van der Waals surface area contributed by atoms with E-state index in [9.17, 15) is 18.8 Å². The average molecular weight is 399 g/mol. The van der Waals surface area contributed by atoms with Gasteiger partial charge in [0.25, 0.3) is 5.91 Å². The molecule has 2 aromatic rings. The summed E-state index contributed by atoms with van der Waals surface area (Å²) in [5.74, 6) is -1.80. The molecule has 0 heterocycles. The van der Waals surface area contributed by atoms with Crippen LogP contribution in [0.1, 0.15) is 41.6 Å². The van der Waals surface area contributed by atoms with E-state index in [1.165, 1.54) is 31.4 Å². The molecule has 0 aliphatic heterocycles. The van der Waals surface area contributed by atoms with Crippen molar-refractivity contribution in [1.29, 1.82) is 0 Å². The molecule has 2 aromatic carbocycles. The fraction of sp³-hybridized carbons (Fsp3) is 0.318. The molecule has 152 valence electrons. The molecular weight excluding hydrogens is 377 g/mol. The first-order valence-electron chi connectivity index (χ1n) is 9.36. The molecule has 0 bridgehead atoms. The van der Waals surface area contributed by atoms with Crippen LogP contribution in [0, 0.1) is 5.82 Å². The van der Waals surface area contributed by atoms with Crippen molar-refractivity contribution < 1.29 is 28.2 Å². The number of nitrogens with one attached hydrogen (secondary N) is 1. The van der Waals surface area contributed by atoms with E-state index in [0.717, 1.165) is 12.8 Å². The van der Waals surface area contributed by atoms with Gasteiger partial charge in [-0.3, -0.25) is 9.59 Å². The molecular formula is C22H22FNO5. The quantitative estimate of drug-likeness (QED) is 0.751. The molecule has 3 rings (SSSR count). The van der Waals surface area contributed by atoms with Crippen LogP contribution in [0.2, 0.25) is 0 Å². The fourth-order valence-electron chi connectivity index (χ4n) is 3.63. The third-order valence-electron chi connectivity index (χ3n) is 5.17. The first-order valence-corrected chi connectivity index (χ1v) is 9.36. The summed E-state index contributed by atoms with van der Waals surface area (Å²) in [6.45, 7) is -0.430. The van der Waals surface area contributed by atoms with Gasteiger partial charge in [-0.1, -0.05) is 25.0 Å². The lowest BCUT2D eigenvalue weighted by atomic mass is 9.79. The topological polar surface area (TPSA) is 81.7 Å². The number of hydrogen-bond donors (Lipinski definition) is 1. The number of ether oxygens (including phenoxy) is 2. The number of hydrogen-bond acceptors (Lipinski definition) is 5. The van der Waals surface area contributed by atoms with Crippen LogP contribution in [0.3, 0.4) is 0 Å². The first-order chi connectivity index (χ1) is 13.9. The highest BCUT2D eigenvalue weighted by Gasteiger charge is 2.44. The molecule has 0 saturated heterocycles. The maximum Gasteiger partial charge on any atom is 0.337 e. The van der Waals surface area contributed by atoms with E-state index in [0.29, 0.717) is 29.7 Å². The van der Waals surface area contributed by atoms with Gasteiger partial charge in [0.15, 0.2) is 6.61 Å². The Bertz CT molecular complexity index is 886. The lowest BCUT2D eigenvalue weighted by Crippen LogP contribution is -2.36. The zero-order chi connectivity index (χ0) is 20.9. The minimum Gasteiger partial charge on any atom is -0.465 e. The van der Waals surface area contributed by atoms with Crippen LogP contribution in [0.5, 0.6) is 0 Å². The van der Waals surface area contributed by atoms with Crippen molar-refractivity contribution in [3.63, 3.8) is 0 Å². The summed E-state index contributed by atoms with van der Waals surface area (Å²) in [5, 5.41) is 2.61. The monoisotopic (exact) mass is 399 g/mol. The standard InChI is InChI=1S/C22H22FNO5/c1-28-20(26)15-4-10-18(11-5-15)24-19(25)14-29-21(27)22(12-2-3-13-22)16-6-8-17(23)9-7-16/h4-11H,2-3,12-14H2,1H3,(H,24,25). The largest absolute Gasteiger partial charge is 0.465 e. The van der Waals surface area contributed by atoms with E-state index in [1.807, 2.05) is 0 Å². The Morgan fingerprint density at radius 3 is 2.21 bits per heavy atom. The predicted molar refractivity (Wildman–Crippen MR) is 104 cm³/mol. The Morgan fingerprint density at radius 1 is 1.00 bits per heavy atom. The number of anilines is 1. The van der Waals surface area contributed by atoms with E-state index in [-0.39, 0.29) is 5.82 Å². The first kappa shape index (κ1) is 20.5. The highest BCUT2D eigenvalue weighted by molar-refractivity contribution is 5.95. The molecule has 0 radical (unpaired) electrons. The normalized spacial score (nSPS) is 14.8. The Morgan fingerprint density at radius 2 is 1.62 bits per heavy atom. The smallest absolute Gasteiger partial charge is 0.337 e. The number of methoxy groups -OCH3 is 1. The second kappa shape index (κ2) is 8.86. The summed E-state index contributed by atoms with van der Waals surface area (Å²) in [6, 6.07) is 12.0. The van der Waals surface area contributed by atoms with Crippen LogP contribution in [-0.2, 0) is 24.5 Å². The molecule has 0 atom stereocenters. The third-order valence-corrected chi connectivity index (χ3v) is 5.17. The molecule has 0 spiro atoms. The highest BCUT2D eigenvalue weighted by atomic mass is 19.1. The van der Waals surface area contributed by atoms with Crippen molar-refractivity contribution in [2.75, 3.05) is 19.0 Å². The van der Waals surface area contributed by atoms with E-state index in [2.05, 4.69) is 10.1 Å². The number of carbonyl (C=O) groups excluding carboxylic acids is 3. The Labute approximate surface area is 168 Å². The van der Waals surface area contributed by atoms with Crippen LogP contribution < -0.4 is 5.32 Å². The van der Waals surface area contributed by atoms with Crippen molar-refractivity contribution in [1.82, 2.24) is 0 Å². The summed E-state index contributed by atoms with van der Waals surface area (Å²) in [5.41, 5.74) is 0.697. The Balaban J connectivity index is 1.60. The molecule has 1 saturated carbocycles. The van der Waals surface area contributed by atoms with E-state index < -0.39 is 29.9 Å². The van der Waals surface area contributed by atoms with E-state index in [4.69, 9.17) is 4.74 Å². The Kier molecular flexibility index (Phi) is 6.26. The molecule has 1 aliphatic carbocycles. The minimum absolute atomic E-state index is 0.361. The second-order valence-corrected chi connectivity index (χ2v) is 6.99. The van der Waals surface area contributed by atoms with Gasteiger partial charge in [0, 0.05) is 5.69 Å². The summed E-state index contributed by atoms with van der Waals surface area (Å²) in [6.07, 6.45) is 2.94. The number of esters is 2. The summed E-state index contributed by atoms with van der Waals surface area (Å²) < 4.78 is 23.2. The Hall–Kier alpha value is -3.22. The van der Waals surface area contributed by atoms with Gasteiger partial charge in [-0.2, -0.15) is 0 Å². The lowest BCUT2D eigenvalue weighted by molar-refractivity contribution is -0.153. The lowest BCUT2D eigenvalue weighted by Gasteiger charge is -2.27. The predicted octanol–water partition coefficient (Wildman–Crippen LogP) is 3.61. The van der Waals surface area contributed by atoms with Gasteiger partial charge in [0.2, 0.25) is 0 Å². The van der Waals surface area contributed by atoms with Crippen LogP contribution >= 0.6 is 0 Å². The molecule has 0 aromatic heterocycles. The van der Waals surface area contributed by atoms with Crippen LogP contribution in [0.25, 0.3) is 0 Å². The van der Waals surface area contributed by atoms with Crippen molar-refractivity contribution in [2.45, 2.75) is 31.1 Å². The number of benzene rings is 2. The van der Waals surface area contributed by atoms with Gasteiger partial charge in [0.05, 0.1) is 18.1 Å². The molecule has 1 fully saturated rings. The fourth-order valence-corrected chi connectivity index (χ4v) is 3.63. The average Bonchev–Trinajstić information content (AvgIpc) is 3.23. The maximum absolute atomic E-state index is 13.3. The molecule has 7 heteroatoms. The van der Waals surface area contributed by atoms with Gasteiger partial charge in [0.1, 0.15) is 5.82 Å². The number of rotatable bonds is 6. The van der Waals surface area contributed by atoms with Crippen LogP contribution in [0.15, 0.2) is 48.5 Å². The van der Waals surface area contributed by atoms with Crippen molar-refractivity contribution in [3.05, 3.63) is 65.5 Å². The molecule has 6 nitrogen and oxygen atoms in total. The molecule has 29 heavy (non-hydrogen) atoms. The number of amides is 1. The SMILES string of the molecule is COC(=O)c1ccc(NC(=O)COC(=O)C2(c3ccc(F)cc3)CCCC2)cc1. The van der Waals surface area contributed by atoms with Gasteiger partial charge >= 0.3 is 11.9 Å². The molecule has 0 unspecified atom stereocenters. The maximum atomic E-state index is 13.3. The number of halogens is 1. The molecule has 1 N–H and O–H groups in total. The third kappa shape index (κ3) is 4.62. The van der Waals surface area contributed by atoms with Crippen molar-refractivity contribution in [3.8, 4) is 0 Å².